The molecular weight excluding hydrogens is 272 g/mol. The highest BCUT2D eigenvalue weighted by molar-refractivity contribution is 8.00. The van der Waals surface area contributed by atoms with Gasteiger partial charge in [0.05, 0.1) is 6.61 Å². The number of guanidine groups is 1. The van der Waals surface area contributed by atoms with Gasteiger partial charge in [-0.1, -0.05) is 0 Å². The van der Waals surface area contributed by atoms with Crippen molar-refractivity contribution in [3.05, 3.63) is 0 Å². The van der Waals surface area contributed by atoms with E-state index in [1.54, 1.807) is 7.11 Å². The van der Waals surface area contributed by atoms with E-state index in [1.807, 2.05) is 7.05 Å². The Morgan fingerprint density at radius 1 is 1.40 bits per heavy atom. The van der Waals surface area contributed by atoms with E-state index in [9.17, 15) is 0 Å². The van der Waals surface area contributed by atoms with Crippen LogP contribution in [0.15, 0.2) is 4.99 Å². The SMILES string of the molecule is CN=C(NCCN(C)CCOC)NCC1(C)CCCS1. The lowest BCUT2D eigenvalue weighted by atomic mass is 10.1. The fraction of sp³-hybridized carbons (Fsp3) is 0.929. The number of rotatable bonds is 8. The van der Waals surface area contributed by atoms with Gasteiger partial charge in [-0.3, -0.25) is 4.99 Å². The normalized spacial score (nSPS) is 23.4. The Bertz CT molecular complexity index is 293. The second-order valence-corrected chi connectivity index (χ2v) is 7.23. The van der Waals surface area contributed by atoms with E-state index < -0.39 is 0 Å². The molecule has 0 saturated carbocycles. The van der Waals surface area contributed by atoms with Crippen LogP contribution in [0.2, 0.25) is 0 Å². The first-order valence-electron chi connectivity index (χ1n) is 7.35. The van der Waals surface area contributed by atoms with E-state index in [0.717, 1.165) is 38.7 Å². The van der Waals surface area contributed by atoms with E-state index >= 15 is 0 Å². The molecule has 1 aliphatic rings. The summed E-state index contributed by atoms with van der Waals surface area (Å²) >= 11 is 2.07. The first kappa shape index (κ1) is 17.6. The largest absolute Gasteiger partial charge is 0.383 e. The average molecular weight is 302 g/mol. The van der Waals surface area contributed by atoms with Crippen LogP contribution >= 0.6 is 11.8 Å². The van der Waals surface area contributed by atoms with Crippen LogP contribution in [0.1, 0.15) is 19.8 Å². The van der Waals surface area contributed by atoms with E-state index in [0.29, 0.717) is 4.75 Å². The highest BCUT2D eigenvalue weighted by Crippen LogP contribution is 2.36. The first-order chi connectivity index (χ1) is 9.59. The molecule has 5 nitrogen and oxygen atoms in total. The summed E-state index contributed by atoms with van der Waals surface area (Å²) in [5, 5.41) is 6.81. The Morgan fingerprint density at radius 2 is 2.20 bits per heavy atom. The zero-order valence-corrected chi connectivity index (χ0v) is 14.2. The molecule has 0 spiro atoms. The van der Waals surface area contributed by atoms with Gasteiger partial charge < -0.3 is 20.3 Å². The second-order valence-electron chi connectivity index (χ2n) is 5.55. The molecule has 6 heteroatoms. The zero-order chi connectivity index (χ0) is 14.8. The fourth-order valence-electron chi connectivity index (χ4n) is 2.19. The molecular formula is C14H30N4OS. The van der Waals surface area contributed by atoms with Crippen molar-refractivity contribution in [3.8, 4) is 0 Å². The van der Waals surface area contributed by atoms with Gasteiger partial charge in [-0.05, 0) is 32.6 Å². The predicted octanol–water partition coefficient (Wildman–Crippen LogP) is 1.02. The predicted molar refractivity (Wildman–Crippen MR) is 88.8 cm³/mol. The number of likely N-dealkylation sites (N-methyl/N-ethyl adjacent to an activating group) is 1. The van der Waals surface area contributed by atoms with E-state index in [-0.39, 0.29) is 0 Å². The van der Waals surface area contributed by atoms with Crippen molar-refractivity contribution in [2.45, 2.75) is 24.5 Å². The van der Waals surface area contributed by atoms with Gasteiger partial charge in [-0.15, -0.1) is 0 Å². The van der Waals surface area contributed by atoms with E-state index in [1.165, 1.54) is 18.6 Å². The quantitative estimate of drug-likeness (QED) is 0.518. The van der Waals surface area contributed by atoms with E-state index in [4.69, 9.17) is 4.74 Å². The van der Waals surface area contributed by atoms with Crippen LogP contribution in [0, 0.1) is 0 Å². The van der Waals surface area contributed by atoms with Crippen molar-refractivity contribution < 1.29 is 4.74 Å². The van der Waals surface area contributed by atoms with Crippen molar-refractivity contribution in [2.75, 3.05) is 59.7 Å². The average Bonchev–Trinajstić information content (AvgIpc) is 2.87. The third kappa shape index (κ3) is 6.81. The number of hydrogen-bond donors (Lipinski definition) is 2. The molecule has 1 heterocycles. The molecule has 1 aliphatic heterocycles. The Hall–Kier alpha value is -0.460. The molecule has 0 aromatic rings. The number of hydrogen-bond acceptors (Lipinski definition) is 4. The third-order valence-electron chi connectivity index (χ3n) is 3.62. The van der Waals surface area contributed by atoms with Crippen LogP contribution in [0.5, 0.6) is 0 Å². The molecule has 1 rings (SSSR count). The molecule has 118 valence electrons. The summed E-state index contributed by atoms with van der Waals surface area (Å²) in [5.74, 6) is 2.19. The number of aliphatic imine (C=N–C) groups is 1. The van der Waals surface area contributed by atoms with Gasteiger partial charge >= 0.3 is 0 Å². The number of thioether (sulfide) groups is 1. The van der Waals surface area contributed by atoms with Crippen LogP contribution in [0.3, 0.4) is 0 Å². The molecule has 0 bridgehead atoms. The number of ether oxygens (including phenoxy) is 1. The summed E-state index contributed by atoms with van der Waals surface area (Å²) in [7, 11) is 5.67. The summed E-state index contributed by atoms with van der Waals surface area (Å²) in [6, 6.07) is 0. The van der Waals surface area contributed by atoms with Crippen LogP contribution < -0.4 is 10.6 Å². The highest BCUT2D eigenvalue weighted by Gasteiger charge is 2.29. The lowest BCUT2D eigenvalue weighted by Crippen LogP contribution is -2.45. The van der Waals surface area contributed by atoms with Gasteiger partial charge in [0.25, 0.3) is 0 Å². The van der Waals surface area contributed by atoms with Crippen LogP contribution in [0.4, 0.5) is 0 Å². The molecule has 2 N–H and O–H groups in total. The van der Waals surface area contributed by atoms with Crippen LogP contribution in [0.25, 0.3) is 0 Å². The topological polar surface area (TPSA) is 48.9 Å². The van der Waals surface area contributed by atoms with Gasteiger partial charge in [0.15, 0.2) is 5.96 Å². The first-order valence-corrected chi connectivity index (χ1v) is 8.34. The van der Waals surface area contributed by atoms with Gasteiger partial charge in [0.1, 0.15) is 0 Å². The smallest absolute Gasteiger partial charge is 0.191 e. The molecule has 20 heavy (non-hydrogen) atoms. The number of nitrogens with zero attached hydrogens (tertiary/aromatic N) is 2. The Labute approximate surface area is 127 Å². The van der Waals surface area contributed by atoms with Crippen LogP contribution in [-0.2, 0) is 4.74 Å². The molecule has 1 unspecified atom stereocenters. The maximum Gasteiger partial charge on any atom is 0.191 e. The third-order valence-corrected chi connectivity index (χ3v) is 5.16. The van der Waals surface area contributed by atoms with Crippen molar-refractivity contribution in [2.24, 2.45) is 4.99 Å². The summed E-state index contributed by atoms with van der Waals surface area (Å²) in [4.78, 5) is 6.53. The molecule has 0 amide bonds. The summed E-state index contributed by atoms with van der Waals surface area (Å²) in [6.07, 6.45) is 2.63. The van der Waals surface area contributed by atoms with Gasteiger partial charge in [-0.2, -0.15) is 11.8 Å². The van der Waals surface area contributed by atoms with E-state index in [2.05, 4.69) is 46.3 Å². The van der Waals surface area contributed by atoms with Crippen LogP contribution in [-0.4, -0.2) is 75.4 Å². The number of nitrogens with one attached hydrogen (secondary N) is 2. The molecule has 0 aromatic heterocycles. The summed E-state index contributed by atoms with van der Waals surface area (Å²) in [6.45, 7) is 6.93. The molecule has 1 atom stereocenters. The van der Waals surface area contributed by atoms with Gasteiger partial charge in [0, 0.05) is 45.1 Å². The monoisotopic (exact) mass is 302 g/mol. The lowest BCUT2D eigenvalue weighted by Gasteiger charge is -2.24. The minimum atomic E-state index is 0.368. The fourth-order valence-corrected chi connectivity index (χ4v) is 3.44. The molecule has 1 fully saturated rings. The molecule has 0 radical (unpaired) electrons. The Morgan fingerprint density at radius 3 is 2.80 bits per heavy atom. The standard InChI is InChI=1S/C14H30N4OS/c1-14(6-5-11-20-14)12-17-13(15-2)16-7-8-18(3)9-10-19-4/h5-12H2,1-4H3,(H2,15,16,17). The number of methoxy groups -OCH3 is 1. The Balaban J connectivity index is 2.16. The molecule has 0 aliphatic carbocycles. The minimum Gasteiger partial charge on any atom is -0.383 e. The summed E-state index contributed by atoms with van der Waals surface area (Å²) in [5.41, 5.74) is 0. The van der Waals surface area contributed by atoms with Crippen molar-refractivity contribution in [1.29, 1.82) is 0 Å². The van der Waals surface area contributed by atoms with Crippen molar-refractivity contribution in [3.63, 3.8) is 0 Å². The second kappa shape index (κ2) is 9.47. The lowest BCUT2D eigenvalue weighted by molar-refractivity contribution is 0.162. The molecule has 1 saturated heterocycles. The minimum absolute atomic E-state index is 0.368. The van der Waals surface area contributed by atoms with Gasteiger partial charge in [-0.25, -0.2) is 0 Å². The van der Waals surface area contributed by atoms with Gasteiger partial charge in [0.2, 0.25) is 0 Å². The zero-order valence-electron chi connectivity index (χ0n) is 13.4. The highest BCUT2D eigenvalue weighted by atomic mass is 32.2. The Kier molecular flexibility index (Phi) is 8.33. The maximum absolute atomic E-state index is 5.07. The molecule has 0 aromatic carbocycles. The van der Waals surface area contributed by atoms with Crippen molar-refractivity contribution >= 4 is 17.7 Å². The summed E-state index contributed by atoms with van der Waals surface area (Å²) < 4.78 is 5.44. The van der Waals surface area contributed by atoms with Crippen molar-refractivity contribution in [1.82, 2.24) is 15.5 Å². The maximum atomic E-state index is 5.07.